The van der Waals surface area contributed by atoms with Gasteiger partial charge in [0, 0.05) is 11.7 Å². The van der Waals surface area contributed by atoms with Gasteiger partial charge in [0.15, 0.2) is 12.6 Å². The van der Waals surface area contributed by atoms with Crippen LogP contribution in [0.25, 0.3) is 0 Å². The van der Waals surface area contributed by atoms with Crippen LogP contribution in [-0.2, 0) is 14.2 Å². The third-order valence-electron chi connectivity index (χ3n) is 5.54. The monoisotopic (exact) mass is 392 g/mol. The fourth-order valence-electron chi connectivity index (χ4n) is 4.48. The van der Waals surface area contributed by atoms with Gasteiger partial charge in [0.1, 0.15) is 11.4 Å². The van der Waals surface area contributed by atoms with Crippen LogP contribution in [0, 0.1) is 0 Å². The van der Waals surface area contributed by atoms with Gasteiger partial charge >= 0.3 is 6.09 Å². The summed E-state index contributed by atoms with van der Waals surface area (Å²) in [6, 6.07) is 0.105. The van der Waals surface area contributed by atoms with Gasteiger partial charge in [-0.2, -0.15) is 0 Å². The molecule has 0 radical (unpaired) electrons. The lowest BCUT2D eigenvalue weighted by atomic mass is 9.86. The number of ether oxygens (including phenoxy) is 3. The Morgan fingerprint density at radius 3 is 2.82 bits per heavy atom. The van der Waals surface area contributed by atoms with E-state index in [1.165, 1.54) is 5.70 Å². The zero-order valence-corrected chi connectivity index (χ0v) is 17.0. The summed E-state index contributed by atoms with van der Waals surface area (Å²) in [6.07, 6.45) is 5.46. The SMILES string of the molecule is CC1OC(CN2C3=C(C[C@@H](NC(=O)OC(C)(C)C)CC3)C3=CC(F)=CCC32)O1. The van der Waals surface area contributed by atoms with E-state index < -0.39 is 11.7 Å². The molecule has 4 aliphatic rings. The number of carbonyl (C=O) groups excluding carboxylic acids is 1. The molecular formula is C21H29FN2O4. The molecule has 0 aromatic heterocycles. The van der Waals surface area contributed by atoms with Crippen molar-refractivity contribution in [2.24, 2.45) is 0 Å². The molecule has 2 aliphatic carbocycles. The van der Waals surface area contributed by atoms with E-state index in [4.69, 9.17) is 14.2 Å². The van der Waals surface area contributed by atoms with Crippen molar-refractivity contribution in [3.05, 3.63) is 34.8 Å². The maximum atomic E-state index is 14.0. The smallest absolute Gasteiger partial charge is 0.407 e. The van der Waals surface area contributed by atoms with Crippen LogP contribution in [0.1, 0.15) is 53.4 Å². The lowest BCUT2D eigenvalue weighted by Gasteiger charge is -2.40. The molecule has 0 aromatic carbocycles. The van der Waals surface area contributed by atoms with Crippen molar-refractivity contribution in [1.29, 1.82) is 0 Å². The number of alkyl carbamates (subject to hydrolysis) is 1. The van der Waals surface area contributed by atoms with E-state index in [1.54, 1.807) is 12.2 Å². The van der Waals surface area contributed by atoms with Crippen LogP contribution in [0.3, 0.4) is 0 Å². The summed E-state index contributed by atoms with van der Waals surface area (Å²) in [5.41, 5.74) is 2.87. The molecule has 1 fully saturated rings. The van der Waals surface area contributed by atoms with Crippen LogP contribution in [0.2, 0.25) is 0 Å². The van der Waals surface area contributed by atoms with E-state index in [-0.39, 0.29) is 30.5 Å². The fourth-order valence-corrected chi connectivity index (χ4v) is 4.48. The van der Waals surface area contributed by atoms with Crippen molar-refractivity contribution in [1.82, 2.24) is 10.2 Å². The van der Waals surface area contributed by atoms with Crippen LogP contribution in [0.4, 0.5) is 9.18 Å². The van der Waals surface area contributed by atoms with Crippen molar-refractivity contribution < 1.29 is 23.4 Å². The first-order valence-corrected chi connectivity index (χ1v) is 10.1. The molecule has 1 saturated heterocycles. The number of hydrogen-bond donors (Lipinski definition) is 1. The largest absolute Gasteiger partial charge is 0.444 e. The molecule has 1 amide bonds. The third kappa shape index (κ3) is 3.96. The number of nitrogens with one attached hydrogen (secondary N) is 1. The normalized spacial score (nSPS) is 32.1. The molecule has 4 rings (SSSR count). The molecule has 2 aliphatic heterocycles. The van der Waals surface area contributed by atoms with Crippen molar-refractivity contribution in [3.8, 4) is 0 Å². The molecule has 1 unspecified atom stereocenters. The Morgan fingerprint density at radius 1 is 1.39 bits per heavy atom. The molecular weight excluding hydrogens is 363 g/mol. The predicted molar refractivity (Wildman–Crippen MR) is 102 cm³/mol. The van der Waals surface area contributed by atoms with Crippen LogP contribution in [0.15, 0.2) is 34.8 Å². The Bertz CT molecular complexity index is 746. The third-order valence-corrected chi connectivity index (χ3v) is 5.54. The van der Waals surface area contributed by atoms with Gasteiger partial charge in [-0.05, 0) is 76.7 Å². The van der Waals surface area contributed by atoms with E-state index in [2.05, 4.69) is 10.2 Å². The molecule has 2 heterocycles. The molecule has 0 saturated carbocycles. The van der Waals surface area contributed by atoms with Gasteiger partial charge < -0.3 is 24.4 Å². The quantitative estimate of drug-likeness (QED) is 0.789. The lowest BCUT2D eigenvalue weighted by molar-refractivity contribution is -0.377. The molecule has 7 heteroatoms. The Kier molecular flexibility index (Phi) is 5.00. The molecule has 1 N–H and O–H groups in total. The van der Waals surface area contributed by atoms with Crippen molar-refractivity contribution >= 4 is 6.09 Å². The first-order chi connectivity index (χ1) is 13.2. The van der Waals surface area contributed by atoms with Crippen LogP contribution in [-0.4, -0.2) is 47.8 Å². The van der Waals surface area contributed by atoms with Crippen molar-refractivity contribution in [2.45, 2.75) is 83.6 Å². The first kappa shape index (κ1) is 19.5. The van der Waals surface area contributed by atoms with E-state index in [0.717, 1.165) is 24.0 Å². The second-order valence-corrected chi connectivity index (χ2v) is 8.87. The van der Waals surface area contributed by atoms with Gasteiger partial charge in [0.05, 0.1) is 12.6 Å². The van der Waals surface area contributed by atoms with Gasteiger partial charge in [0.2, 0.25) is 0 Å². The van der Waals surface area contributed by atoms with Crippen molar-refractivity contribution in [3.63, 3.8) is 0 Å². The highest BCUT2D eigenvalue weighted by molar-refractivity contribution is 5.68. The minimum Gasteiger partial charge on any atom is -0.444 e. The van der Waals surface area contributed by atoms with E-state index >= 15 is 0 Å². The zero-order chi connectivity index (χ0) is 20.1. The Labute approximate surface area is 165 Å². The van der Waals surface area contributed by atoms with Crippen LogP contribution >= 0.6 is 0 Å². The van der Waals surface area contributed by atoms with Crippen LogP contribution < -0.4 is 5.32 Å². The zero-order valence-electron chi connectivity index (χ0n) is 17.0. The van der Waals surface area contributed by atoms with E-state index in [0.29, 0.717) is 19.4 Å². The standard InChI is InChI=1S/C21H29FN2O4/c1-12-26-19(27-12)11-24-17-7-5-13(22)9-15(17)16-10-14(6-8-18(16)24)23-20(25)28-21(2,3)4/h5,9,12,14,17,19H,6-8,10-11H2,1-4H3,(H,23,25)/t12?,14-,17?,19?/m0/s1. The van der Waals surface area contributed by atoms with Gasteiger partial charge in [-0.3, -0.25) is 0 Å². The predicted octanol–water partition coefficient (Wildman–Crippen LogP) is 3.90. The van der Waals surface area contributed by atoms with Gasteiger partial charge in [0.25, 0.3) is 0 Å². The molecule has 154 valence electrons. The lowest BCUT2D eigenvalue weighted by Crippen LogP contribution is -2.48. The molecule has 0 spiro atoms. The highest BCUT2D eigenvalue weighted by Gasteiger charge is 2.42. The molecule has 0 aromatic rings. The average molecular weight is 392 g/mol. The number of rotatable bonds is 3. The summed E-state index contributed by atoms with van der Waals surface area (Å²) in [6.45, 7) is 8.07. The number of nitrogens with zero attached hydrogens (tertiary/aromatic N) is 1. The Morgan fingerprint density at radius 2 is 2.14 bits per heavy atom. The molecule has 0 bridgehead atoms. The number of halogens is 1. The summed E-state index contributed by atoms with van der Waals surface area (Å²) in [5, 5.41) is 2.98. The highest BCUT2D eigenvalue weighted by Crippen LogP contribution is 2.45. The first-order valence-electron chi connectivity index (χ1n) is 10.1. The second-order valence-electron chi connectivity index (χ2n) is 8.87. The number of carbonyl (C=O) groups is 1. The Balaban J connectivity index is 1.49. The van der Waals surface area contributed by atoms with Crippen molar-refractivity contribution in [2.75, 3.05) is 6.54 Å². The summed E-state index contributed by atoms with van der Waals surface area (Å²) in [7, 11) is 0. The van der Waals surface area contributed by atoms with E-state index in [1.807, 2.05) is 27.7 Å². The fraction of sp³-hybridized carbons (Fsp3) is 0.667. The van der Waals surface area contributed by atoms with Gasteiger partial charge in [-0.1, -0.05) is 0 Å². The summed E-state index contributed by atoms with van der Waals surface area (Å²) >= 11 is 0. The maximum absolute atomic E-state index is 14.0. The molecule has 28 heavy (non-hydrogen) atoms. The summed E-state index contributed by atoms with van der Waals surface area (Å²) in [5.74, 6) is -0.188. The topological polar surface area (TPSA) is 60.0 Å². The number of allylic oxidation sites excluding steroid dienone is 3. The number of hydrogen-bond acceptors (Lipinski definition) is 5. The summed E-state index contributed by atoms with van der Waals surface area (Å²) < 4.78 is 30.6. The highest BCUT2D eigenvalue weighted by atomic mass is 19.1. The Hall–Kier alpha value is -1.86. The minimum atomic E-state index is -0.530. The minimum absolute atomic E-state index is 0.0136. The van der Waals surface area contributed by atoms with Gasteiger partial charge in [-0.25, -0.2) is 9.18 Å². The molecule has 6 nitrogen and oxygen atoms in total. The van der Waals surface area contributed by atoms with Gasteiger partial charge in [-0.15, -0.1) is 0 Å². The summed E-state index contributed by atoms with van der Waals surface area (Å²) in [4.78, 5) is 14.5. The molecule has 2 atom stereocenters. The number of amides is 1. The maximum Gasteiger partial charge on any atom is 0.407 e. The van der Waals surface area contributed by atoms with E-state index in [9.17, 15) is 9.18 Å². The number of fused-ring (bicyclic) bond motifs is 2. The second kappa shape index (κ2) is 7.19. The average Bonchev–Trinajstić information content (AvgIpc) is 2.84. The van der Waals surface area contributed by atoms with Crippen LogP contribution in [0.5, 0.6) is 0 Å².